The average Bonchev–Trinajstić information content (AvgIpc) is 3.05. The number of thiazole rings is 1. The van der Waals surface area contributed by atoms with Crippen LogP contribution in [0.5, 0.6) is 5.75 Å². The topological polar surface area (TPSA) is 51.2 Å². The van der Waals surface area contributed by atoms with Crippen LogP contribution in [-0.2, 0) is 11.2 Å². The molecule has 0 aliphatic rings. The Balaban J connectivity index is 1.54. The van der Waals surface area contributed by atoms with E-state index in [9.17, 15) is 9.18 Å². The summed E-state index contributed by atoms with van der Waals surface area (Å²) in [4.78, 5) is 17.1. The molecule has 2 aromatic carbocycles. The molecule has 0 spiro atoms. The van der Waals surface area contributed by atoms with Gasteiger partial charge in [-0.3, -0.25) is 10.1 Å². The summed E-state index contributed by atoms with van der Waals surface area (Å²) in [5.74, 6) is -0.292. The smallest absolute Gasteiger partial charge is 0.264 e. The fourth-order valence-electron chi connectivity index (χ4n) is 2.14. The van der Waals surface area contributed by atoms with Crippen LogP contribution in [0.2, 0.25) is 10.0 Å². The van der Waals surface area contributed by atoms with E-state index >= 15 is 0 Å². The number of aromatic nitrogens is 1. The van der Waals surface area contributed by atoms with Crippen molar-refractivity contribution in [2.75, 3.05) is 11.9 Å². The van der Waals surface area contributed by atoms with E-state index < -0.39 is 0 Å². The molecule has 26 heavy (non-hydrogen) atoms. The van der Waals surface area contributed by atoms with Gasteiger partial charge in [0.15, 0.2) is 11.7 Å². The fraction of sp³-hybridized carbons (Fsp3) is 0.111. The van der Waals surface area contributed by atoms with E-state index in [-0.39, 0.29) is 23.4 Å². The first-order chi connectivity index (χ1) is 12.5. The molecule has 3 rings (SSSR count). The zero-order valence-electron chi connectivity index (χ0n) is 13.3. The number of hydrogen-bond donors (Lipinski definition) is 1. The maximum Gasteiger partial charge on any atom is 0.264 e. The van der Waals surface area contributed by atoms with E-state index in [2.05, 4.69) is 10.3 Å². The standard InChI is InChI=1S/C18H13Cl2FN2O2S/c19-14-2-1-3-15(17(14)20)25-10-16(24)23-18-22-9-13(26-18)8-11-4-6-12(21)7-5-11/h1-7,9H,8,10H2,(H,22,23,24). The Bertz CT molecular complexity index is 916. The highest BCUT2D eigenvalue weighted by atomic mass is 35.5. The molecule has 1 heterocycles. The van der Waals surface area contributed by atoms with Crippen molar-refractivity contribution in [3.05, 3.63) is 75.0 Å². The summed E-state index contributed by atoms with van der Waals surface area (Å²) in [5.41, 5.74) is 0.965. The van der Waals surface area contributed by atoms with Crippen molar-refractivity contribution in [2.45, 2.75) is 6.42 Å². The number of amides is 1. The molecule has 134 valence electrons. The van der Waals surface area contributed by atoms with Gasteiger partial charge in [-0.1, -0.05) is 41.4 Å². The first-order valence-electron chi connectivity index (χ1n) is 7.57. The van der Waals surface area contributed by atoms with Gasteiger partial charge in [0.25, 0.3) is 5.91 Å². The molecule has 0 saturated heterocycles. The highest BCUT2D eigenvalue weighted by Gasteiger charge is 2.11. The fourth-order valence-corrected chi connectivity index (χ4v) is 3.35. The van der Waals surface area contributed by atoms with Crippen LogP contribution in [0.1, 0.15) is 10.4 Å². The molecule has 0 aliphatic heterocycles. The van der Waals surface area contributed by atoms with Crippen molar-refractivity contribution in [3.63, 3.8) is 0 Å². The summed E-state index contributed by atoms with van der Waals surface area (Å²) in [5, 5.41) is 3.75. The summed E-state index contributed by atoms with van der Waals surface area (Å²) in [6, 6.07) is 11.2. The Kier molecular flexibility index (Phi) is 6.08. The quantitative estimate of drug-likeness (QED) is 0.607. The number of halogens is 3. The molecule has 1 aromatic heterocycles. The molecule has 1 amide bonds. The predicted molar refractivity (Wildman–Crippen MR) is 102 cm³/mol. The number of nitrogens with one attached hydrogen (secondary N) is 1. The number of benzene rings is 2. The van der Waals surface area contributed by atoms with Gasteiger partial charge in [-0.2, -0.15) is 0 Å². The summed E-state index contributed by atoms with van der Waals surface area (Å²) in [6.45, 7) is -0.215. The van der Waals surface area contributed by atoms with Crippen LogP contribution in [0.4, 0.5) is 9.52 Å². The lowest BCUT2D eigenvalue weighted by Gasteiger charge is -2.08. The molecule has 0 bridgehead atoms. The van der Waals surface area contributed by atoms with Gasteiger partial charge < -0.3 is 4.74 Å². The van der Waals surface area contributed by atoms with Crippen molar-refractivity contribution in [2.24, 2.45) is 0 Å². The summed E-state index contributed by atoms with van der Waals surface area (Å²) < 4.78 is 18.3. The monoisotopic (exact) mass is 410 g/mol. The van der Waals surface area contributed by atoms with Crippen molar-refractivity contribution < 1.29 is 13.9 Å². The number of nitrogens with zero attached hydrogens (tertiary/aromatic N) is 1. The molecule has 3 aromatic rings. The Hall–Kier alpha value is -2.15. The summed E-state index contributed by atoms with van der Waals surface area (Å²) in [7, 11) is 0. The SMILES string of the molecule is O=C(COc1cccc(Cl)c1Cl)Nc1ncc(Cc2ccc(F)cc2)s1. The minimum atomic E-state index is -0.358. The van der Waals surface area contributed by atoms with Gasteiger partial charge in [0.2, 0.25) is 0 Å². The Morgan fingerprint density at radius 2 is 1.96 bits per heavy atom. The number of rotatable bonds is 6. The largest absolute Gasteiger partial charge is 0.482 e. The lowest BCUT2D eigenvalue weighted by molar-refractivity contribution is -0.118. The molecule has 0 fully saturated rings. The molecular weight excluding hydrogens is 398 g/mol. The van der Waals surface area contributed by atoms with Gasteiger partial charge in [0, 0.05) is 17.5 Å². The lowest BCUT2D eigenvalue weighted by Crippen LogP contribution is -2.20. The van der Waals surface area contributed by atoms with Gasteiger partial charge in [0.1, 0.15) is 16.6 Å². The predicted octanol–water partition coefficient (Wildman–Crippen LogP) is 5.20. The second-order valence-electron chi connectivity index (χ2n) is 5.32. The molecule has 0 radical (unpaired) electrons. The molecule has 0 atom stereocenters. The van der Waals surface area contributed by atoms with Crippen LogP contribution in [0.15, 0.2) is 48.7 Å². The summed E-state index contributed by atoms with van der Waals surface area (Å²) in [6.07, 6.45) is 2.29. The van der Waals surface area contributed by atoms with Crippen molar-refractivity contribution in [3.8, 4) is 5.75 Å². The van der Waals surface area contributed by atoms with Crippen LogP contribution in [0, 0.1) is 5.82 Å². The normalized spacial score (nSPS) is 10.6. The number of carbonyl (C=O) groups excluding carboxylic acids is 1. The molecule has 0 aliphatic carbocycles. The van der Waals surface area contributed by atoms with Crippen LogP contribution in [-0.4, -0.2) is 17.5 Å². The molecule has 0 saturated carbocycles. The second-order valence-corrected chi connectivity index (χ2v) is 7.22. The number of ether oxygens (including phenoxy) is 1. The first kappa shape index (κ1) is 18.6. The maximum atomic E-state index is 12.9. The van der Waals surface area contributed by atoms with Gasteiger partial charge >= 0.3 is 0 Å². The number of carbonyl (C=O) groups is 1. The first-order valence-corrected chi connectivity index (χ1v) is 9.14. The maximum absolute atomic E-state index is 12.9. The van der Waals surface area contributed by atoms with Crippen LogP contribution >= 0.6 is 34.5 Å². The van der Waals surface area contributed by atoms with E-state index in [0.29, 0.717) is 22.3 Å². The molecule has 8 heteroatoms. The molecule has 1 N–H and O–H groups in total. The van der Waals surface area contributed by atoms with E-state index in [0.717, 1.165) is 10.4 Å². The highest BCUT2D eigenvalue weighted by molar-refractivity contribution is 7.15. The Morgan fingerprint density at radius 1 is 1.19 bits per heavy atom. The van der Waals surface area contributed by atoms with Crippen LogP contribution in [0.3, 0.4) is 0 Å². The van der Waals surface area contributed by atoms with Crippen LogP contribution in [0.25, 0.3) is 0 Å². The van der Waals surface area contributed by atoms with E-state index in [1.807, 2.05) is 0 Å². The van der Waals surface area contributed by atoms with E-state index in [4.69, 9.17) is 27.9 Å². The van der Waals surface area contributed by atoms with Gasteiger partial charge in [-0.15, -0.1) is 11.3 Å². The van der Waals surface area contributed by atoms with E-state index in [1.54, 1.807) is 36.5 Å². The minimum Gasteiger partial charge on any atom is -0.482 e. The van der Waals surface area contributed by atoms with Crippen molar-refractivity contribution in [1.29, 1.82) is 0 Å². The third-order valence-corrected chi connectivity index (χ3v) is 5.08. The second kappa shape index (κ2) is 8.49. The number of hydrogen-bond acceptors (Lipinski definition) is 4. The lowest BCUT2D eigenvalue weighted by atomic mass is 10.1. The van der Waals surface area contributed by atoms with Crippen LogP contribution < -0.4 is 10.1 Å². The van der Waals surface area contributed by atoms with E-state index in [1.165, 1.54) is 23.5 Å². The minimum absolute atomic E-state index is 0.215. The zero-order valence-corrected chi connectivity index (χ0v) is 15.7. The zero-order chi connectivity index (χ0) is 18.5. The van der Waals surface area contributed by atoms with Crippen molar-refractivity contribution >= 4 is 45.6 Å². The van der Waals surface area contributed by atoms with Crippen molar-refractivity contribution in [1.82, 2.24) is 4.98 Å². The third kappa shape index (κ3) is 4.94. The van der Waals surface area contributed by atoms with Gasteiger partial charge in [0.05, 0.1) is 5.02 Å². The molecular formula is C18H13Cl2FN2O2S. The molecule has 4 nitrogen and oxygen atoms in total. The Morgan fingerprint density at radius 3 is 2.73 bits per heavy atom. The number of anilines is 1. The third-order valence-electron chi connectivity index (χ3n) is 3.37. The average molecular weight is 411 g/mol. The Labute approximate surface area is 163 Å². The van der Waals surface area contributed by atoms with Gasteiger partial charge in [-0.05, 0) is 29.8 Å². The molecule has 0 unspecified atom stereocenters. The summed E-state index contributed by atoms with van der Waals surface area (Å²) >= 11 is 13.2. The highest BCUT2D eigenvalue weighted by Crippen LogP contribution is 2.31. The van der Waals surface area contributed by atoms with Gasteiger partial charge in [-0.25, -0.2) is 9.37 Å².